The summed E-state index contributed by atoms with van der Waals surface area (Å²) >= 11 is 0. The zero-order valence-corrected chi connectivity index (χ0v) is 17.5. The summed E-state index contributed by atoms with van der Waals surface area (Å²) in [4.78, 5) is 50.4. The molecule has 0 heterocycles. The predicted octanol–water partition coefficient (Wildman–Crippen LogP) is 4.26. The number of carbonyl (C=O) groups is 4. The van der Waals surface area contributed by atoms with Crippen LogP contribution in [-0.2, 0) is 9.68 Å². The molecule has 3 aromatic carbocycles. The third-order valence-corrected chi connectivity index (χ3v) is 4.53. The van der Waals surface area contributed by atoms with E-state index in [9.17, 15) is 23.7 Å². The van der Waals surface area contributed by atoms with Crippen molar-refractivity contribution in [1.82, 2.24) is 0 Å². The van der Waals surface area contributed by atoms with Gasteiger partial charge < -0.3 is 14.2 Å². The van der Waals surface area contributed by atoms with Crippen LogP contribution in [0.25, 0.3) is 0 Å². The van der Waals surface area contributed by atoms with E-state index in [0.717, 1.165) is 0 Å². The monoisotopic (exact) mass is 452 g/mol. The minimum Gasteiger partial charge on any atom is -0.465 e. The maximum Gasteiger partial charge on any atom is 0.379 e. The molecule has 9 heteroatoms. The molecule has 0 spiro atoms. The van der Waals surface area contributed by atoms with Gasteiger partial charge in [0.15, 0.2) is 0 Å². The van der Waals surface area contributed by atoms with Crippen LogP contribution in [0.2, 0.25) is 0 Å². The summed E-state index contributed by atoms with van der Waals surface area (Å²) in [6.45, 7) is 1.66. The van der Waals surface area contributed by atoms with Crippen molar-refractivity contribution in [2.24, 2.45) is 0 Å². The van der Waals surface area contributed by atoms with Gasteiger partial charge in [-0.3, -0.25) is 0 Å². The highest BCUT2D eigenvalue weighted by Crippen LogP contribution is 2.25. The number of hydrogen-bond acceptors (Lipinski definition) is 8. The van der Waals surface area contributed by atoms with Gasteiger partial charge in [0.1, 0.15) is 11.5 Å². The van der Waals surface area contributed by atoms with Gasteiger partial charge in [-0.1, -0.05) is 0 Å². The smallest absolute Gasteiger partial charge is 0.379 e. The molecule has 0 aromatic heterocycles. The Labute approximate surface area is 187 Å². The first-order valence-corrected chi connectivity index (χ1v) is 9.48. The quantitative estimate of drug-likeness (QED) is 0.404. The average molecular weight is 452 g/mol. The summed E-state index contributed by atoms with van der Waals surface area (Å²) in [5, 5.41) is 0. The highest BCUT2D eigenvalue weighted by atomic mass is 19.3. The fourth-order valence-electron chi connectivity index (χ4n) is 2.77. The van der Waals surface area contributed by atoms with Gasteiger partial charge >= 0.3 is 23.9 Å². The molecular weight excluding hydrogens is 435 g/mol. The van der Waals surface area contributed by atoms with Gasteiger partial charge in [-0.25, -0.2) is 24.1 Å². The first-order chi connectivity index (χ1) is 15.8. The summed E-state index contributed by atoms with van der Waals surface area (Å²) < 4.78 is 27.2. The normalized spacial score (nSPS) is 10.2. The molecule has 0 atom stereocenters. The van der Waals surface area contributed by atoms with Crippen LogP contribution in [0.4, 0.5) is 4.53 Å². The van der Waals surface area contributed by atoms with E-state index in [2.05, 4.69) is 9.68 Å². The number of esters is 3. The van der Waals surface area contributed by atoms with E-state index in [1.807, 2.05) is 0 Å². The molecule has 0 fully saturated rings. The number of methoxy groups -OCH3 is 1. The topological polar surface area (TPSA) is 105 Å². The largest absolute Gasteiger partial charge is 0.465 e. The van der Waals surface area contributed by atoms with Gasteiger partial charge in [-0.15, -0.1) is 0 Å². The second kappa shape index (κ2) is 10.2. The van der Waals surface area contributed by atoms with E-state index < -0.39 is 23.9 Å². The fourth-order valence-corrected chi connectivity index (χ4v) is 2.77. The Morgan fingerprint density at radius 1 is 0.636 bits per heavy atom. The summed E-state index contributed by atoms with van der Waals surface area (Å²) in [6, 6.07) is 15.3. The van der Waals surface area contributed by atoms with Crippen LogP contribution in [0.1, 0.15) is 47.0 Å². The van der Waals surface area contributed by atoms with Crippen LogP contribution in [0.3, 0.4) is 0 Å². The maximum atomic E-state index is 12.4. The molecule has 0 saturated carbocycles. The van der Waals surface area contributed by atoms with E-state index in [1.54, 1.807) is 6.92 Å². The molecule has 3 rings (SSSR count). The number of benzene rings is 3. The molecule has 0 radical (unpaired) electrons. The summed E-state index contributed by atoms with van der Waals surface area (Å²) in [6.07, 6.45) is 0. The van der Waals surface area contributed by atoms with Crippen molar-refractivity contribution in [3.8, 4) is 11.5 Å². The minimum absolute atomic E-state index is 0.0593. The Morgan fingerprint density at radius 3 is 1.55 bits per heavy atom. The molecule has 0 N–H and O–H groups in total. The second-order valence-electron chi connectivity index (χ2n) is 6.72. The molecule has 0 aliphatic carbocycles. The Bertz CT molecular complexity index is 1200. The van der Waals surface area contributed by atoms with Gasteiger partial charge in [0.25, 0.3) is 0 Å². The summed E-state index contributed by atoms with van der Waals surface area (Å²) in [7, 11) is 1.26. The van der Waals surface area contributed by atoms with Crippen molar-refractivity contribution in [3.05, 3.63) is 94.5 Å². The molecule has 3 aromatic rings. The zero-order valence-electron chi connectivity index (χ0n) is 17.5. The number of ether oxygens (including phenoxy) is 3. The van der Waals surface area contributed by atoms with Crippen molar-refractivity contribution < 1.29 is 42.9 Å². The first-order valence-electron chi connectivity index (χ1n) is 9.48. The van der Waals surface area contributed by atoms with Crippen LogP contribution < -0.4 is 9.47 Å². The number of carbonyl (C=O) groups excluding carboxylic acids is 4. The molecule has 0 unspecified atom stereocenters. The average Bonchev–Trinajstić information content (AvgIpc) is 2.84. The van der Waals surface area contributed by atoms with Crippen molar-refractivity contribution in [2.75, 3.05) is 7.11 Å². The second-order valence-corrected chi connectivity index (χ2v) is 6.72. The molecule has 33 heavy (non-hydrogen) atoms. The van der Waals surface area contributed by atoms with Crippen molar-refractivity contribution in [3.63, 3.8) is 0 Å². The molecule has 0 saturated heterocycles. The molecule has 8 nitrogen and oxygen atoms in total. The molecule has 168 valence electrons. The van der Waals surface area contributed by atoms with Crippen molar-refractivity contribution in [2.45, 2.75) is 6.92 Å². The Morgan fingerprint density at radius 2 is 1.09 bits per heavy atom. The van der Waals surface area contributed by atoms with E-state index in [4.69, 9.17) is 9.47 Å². The summed E-state index contributed by atoms with van der Waals surface area (Å²) in [5.74, 6) is -2.57. The standard InChI is InChI=1S/C24H17FO8/c1-14-13-19(31-22(27)16-7-9-18(10-8-16)24(29)33-25)11-12-20(14)32-23(28)17-5-3-15(4-6-17)21(26)30-2/h3-13H,1-2H3. The third-order valence-electron chi connectivity index (χ3n) is 4.53. The maximum absolute atomic E-state index is 12.4. The van der Waals surface area contributed by atoms with Crippen LogP contribution in [0, 0.1) is 6.92 Å². The minimum atomic E-state index is -1.17. The van der Waals surface area contributed by atoms with Gasteiger partial charge in [0, 0.05) is 4.53 Å². The van der Waals surface area contributed by atoms with Crippen molar-refractivity contribution in [1.29, 1.82) is 0 Å². The lowest BCUT2D eigenvalue weighted by molar-refractivity contribution is -0.0788. The lowest BCUT2D eigenvalue weighted by Gasteiger charge is -2.10. The predicted molar refractivity (Wildman–Crippen MR) is 112 cm³/mol. The Kier molecular flexibility index (Phi) is 7.14. The van der Waals surface area contributed by atoms with Crippen LogP contribution in [-0.4, -0.2) is 31.0 Å². The highest BCUT2D eigenvalue weighted by Gasteiger charge is 2.15. The zero-order chi connectivity index (χ0) is 24.0. The molecule has 0 aliphatic heterocycles. The number of hydrogen-bond donors (Lipinski definition) is 0. The molecular formula is C24H17FO8. The van der Waals surface area contributed by atoms with Crippen LogP contribution in [0.5, 0.6) is 11.5 Å². The van der Waals surface area contributed by atoms with Gasteiger partial charge in [0.05, 0.1) is 29.4 Å². The lowest BCUT2D eigenvalue weighted by Crippen LogP contribution is -2.11. The van der Waals surface area contributed by atoms with E-state index in [0.29, 0.717) is 11.1 Å². The van der Waals surface area contributed by atoms with E-state index in [-0.39, 0.29) is 28.2 Å². The Balaban J connectivity index is 1.65. The molecule has 0 bridgehead atoms. The molecule has 0 amide bonds. The van der Waals surface area contributed by atoms with E-state index in [1.165, 1.54) is 73.8 Å². The van der Waals surface area contributed by atoms with Gasteiger partial charge in [0.2, 0.25) is 0 Å². The number of rotatable bonds is 6. The van der Waals surface area contributed by atoms with Gasteiger partial charge in [-0.2, -0.15) is 0 Å². The number of aryl methyl sites for hydroxylation is 1. The summed E-state index contributed by atoms with van der Waals surface area (Å²) in [5.41, 5.74) is 1.14. The fraction of sp³-hybridized carbons (Fsp3) is 0.0833. The van der Waals surface area contributed by atoms with Gasteiger partial charge in [-0.05, 0) is 79.2 Å². The highest BCUT2D eigenvalue weighted by molar-refractivity contribution is 5.95. The SMILES string of the molecule is COC(=O)c1ccc(C(=O)Oc2ccc(OC(=O)c3ccc(C(=O)OF)cc3)cc2C)cc1. The third kappa shape index (κ3) is 5.59. The Hall–Kier alpha value is -4.53. The molecule has 0 aliphatic rings. The van der Waals surface area contributed by atoms with Crippen LogP contribution >= 0.6 is 0 Å². The first kappa shape index (κ1) is 23.1. The number of halogens is 1. The van der Waals surface area contributed by atoms with E-state index >= 15 is 0 Å². The van der Waals surface area contributed by atoms with Crippen molar-refractivity contribution >= 4 is 23.9 Å². The van der Waals surface area contributed by atoms with Crippen LogP contribution in [0.15, 0.2) is 66.7 Å². The lowest BCUT2D eigenvalue weighted by atomic mass is 10.1.